The van der Waals surface area contributed by atoms with Crippen molar-refractivity contribution >= 4 is 10.5 Å². The third-order valence-electron chi connectivity index (χ3n) is 1.87. The molecule has 0 aliphatic carbocycles. The average Bonchev–Trinajstić information content (AvgIpc) is 1.98. The standard InChI is InChI=1S/C8H20OSi/c1-3-4-5-6-7-8(2)9-10/h8H,3-7H2,1-2,10H3. The van der Waals surface area contributed by atoms with Gasteiger partial charge in [-0.3, -0.25) is 0 Å². The Labute approximate surface area is 67.7 Å². The second-order valence-electron chi connectivity index (χ2n) is 2.90. The third kappa shape index (κ3) is 6.30. The molecule has 0 rings (SSSR count). The van der Waals surface area contributed by atoms with Crippen LogP contribution in [0, 0.1) is 0 Å². The van der Waals surface area contributed by atoms with E-state index in [2.05, 4.69) is 13.8 Å². The molecule has 0 saturated heterocycles. The van der Waals surface area contributed by atoms with Crippen molar-refractivity contribution in [2.24, 2.45) is 0 Å². The van der Waals surface area contributed by atoms with E-state index in [9.17, 15) is 0 Å². The van der Waals surface area contributed by atoms with E-state index in [0.717, 1.165) is 10.5 Å². The lowest BCUT2D eigenvalue weighted by Crippen LogP contribution is -2.04. The molecule has 0 saturated carbocycles. The minimum atomic E-state index is 0.517. The molecule has 0 aromatic heterocycles. The zero-order valence-corrected chi connectivity index (χ0v) is 9.52. The van der Waals surface area contributed by atoms with Crippen molar-refractivity contribution in [2.45, 2.75) is 52.1 Å². The van der Waals surface area contributed by atoms with Crippen LogP contribution in [0.4, 0.5) is 0 Å². The second kappa shape index (κ2) is 7.29. The van der Waals surface area contributed by atoms with E-state index < -0.39 is 0 Å². The highest BCUT2D eigenvalue weighted by molar-refractivity contribution is 5.98. The molecule has 0 aromatic carbocycles. The van der Waals surface area contributed by atoms with Gasteiger partial charge in [-0.15, -0.1) is 0 Å². The van der Waals surface area contributed by atoms with Crippen LogP contribution in [0.5, 0.6) is 0 Å². The van der Waals surface area contributed by atoms with E-state index in [1.54, 1.807) is 0 Å². The maximum Gasteiger partial charge on any atom is 0.146 e. The van der Waals surface area contributed by atoms with Crippen LogP contribution in [0.3, 0.4) is 0 Å². The van der Waals surface area contributed by atoms with Gasteiger partial charge in [0.05, 0.1) is 0 Å². The van der Waals surface area contributed by atoms with Crippen LogP contribution in [-0.4, -0.2) is 16.6 Å². The first-order chi connectivity index (χ1) is 4.81. The van der Waals surface area contributed by atoms with Crippen molar-refractivity contribution < 1.29 is 4.43 Å². The summed E-state index contributed by atoms with van der Waals surface area (Å²) in [4.78, 5) is 0. The van der Waals surface area contributed by atoms with Gasteiger partial charge >= 0.3 is 0 Å². The Morgan fingerprint density at radius 3 is 2.50 bits per heavy atom. The first kappa shape index (κ1) is 10.2. The van der Waals surface area contributed by atoms with Crippen LogP contribution >= 0.6 is 0 Å². The maximum absolute atomic E-state index is 5.27. The molecular formula is C8H20OSi. The molecule has 62 valence electrons. The third-order valence-corrected chi connectivity index (χ3v) is 2.67. The summed E-state index contributed by atoms with van der Waals surface area (Å²) in [5.41, 5.74) is 0. The van der Waals surface area contributed by atoms with Crippen molar-refractivity contribution in [3.8, 4) is 0 Å². The summed E-state index contributed by atoms with van der Waals surface area (Å²) >= 11 is 0. The summed E-state index contributed by atoms with van der Waals surface area (Å²) in [5.74, 6) is 0. The summed E-state index contributed by atoms with van der Waals surface area (Å²) in [6, 6.07) is 0. The topological polar surface area (TPSA) is 9.23 Å². The van der Waals surface area contributed by atoms with Crippen LogP contribution in [0.25, 0.3) is 0 Å². The Morgan fingerprint density at radius 1 is 1.30 bits per heavy atom. The van der Waals surface area contributed by atoms with Crippen LogP contribution < -0.4 is 0 Å². The van der Waals surface area contributed by atoms with E-state index in [1.165, 1.54) is 32.1 Å². The molecule has 0 N–H and O–H groups in total. The molecule has 0 aliphatic heterocycles. The molecule has 2 heteroatoms. The van der Waals surface area contributed by atoms with Gasteiger partial charge in [0, 0.05) is 6.10 Å². The minimum Gasteiger partial charge on any atom is -0.425 e. The van der Waals surface area contributed by atoms with Gasteiger partial charge < -0.3 is 4.43 Å². The Balaban J connectivity index is 2.89. The van der Waals surface area contributed by atoms with Crippen molar-refractivity contribution in [3.05, 3.63) is 0 Å². The van der Waals surface area contributed by atoms with Gasteiger partial charge in [0.2, 0.25) is 0 Å². The van der Waals surface area contributed by atoms with E-state index in [4.69, 9.17) is 4.43 Å². The molecule has 0 amide bonds. The number of hydrogen-bond donors (Lipinski definition) is 0. The SMILES string of the molecule is CCCCCCC(C)O[SiH3]. The molecule has 0 bridgehead atoms. The molecule has 0 aliphatic rings. The van der Waals surface area contributed by atoms with Gasteiger partial charge in [-0.1, -0.05) is 32.6 Å². The summed E-state index contributed by atoms with van der Waals surface area (Å²) in [7, 11) is 0.892. The first-order valence-corrected chi connectivity index (χ1v) is 5.15. The van der Waals surface area contributed by atoms with Gasteiger partial charge in [-0.25, -0.2) is 0 Å². The average molecular weight is 160 g/mol. The summed E-state index contributed by atoms with van der Waals surface area (Å²) in [6.07, 6.45) is 7.21. The minimum absolute atomic E-state index is 0.517. The van der Waals surface area contributed by atoms with Gasteiger partial charge in [-0.05, 0) is 13.3 Å². The molecule has 0 heterocycles. The second-order valence-corrected chi connectivity index (χ2v) is 3.37. The lowest BCUT2D eigenvalue weighted by atomic mass is 10.1. The van der Waals surface area contributed by atoms with Crippen molar-refractivity contribution in [2.75, 3.05) is 0 Å². The number of unbranched alkanes of at least 4 members (excludes halogenated alkanes) is 3. The Kier molecular flexibility index (Phi) is 7.41. The fourth-order valence-corrected chi connectivity index (χ4v) is 1.21. The highest BCUT2D eigenvalue weighted by atomic mass is 28.2. The Hall–Kier alpha value is 0.177. The molecule has 1 atom stereocenters. The normalized spacial score (nSPS) is 13.8. The highest BCUT2D eigenvalue weighted by Crippen LogP contribution is 2.06. The van der Waals surface area contributed by atoms with Crippen molar-refractivity contribution in [3.63, 3.8) is 0 Å². The first-order valence-electron chi connectivity index (χ1n) is 4.34. The van der Waals surface area contributed by atoms with E-state index in [1.807, 2.05) is 0 Å². The Morgan fingerprint density at radius 2 is 2.00 bits per heavy atom. The maximum atomic E-state index is 5.27. The van der Waals surface area contributed by atoms with Crippen LogP contribution in [0.2, 0.25) is 0 Å². The van der Waals surface area contributed by atoms with Crippen LogP contribution in [0.15, 0.2) is 0 Å². The zero-order chi connectivity index (χ0) is 7.82. The van der Waals surface area contributed by atoms with E-state index in [0.29, 0.717) is 6.10 Å². The number of hydrogen-bond acceptors (Lipinski definition) is 1. The number of rotatable bonds is 6. The van der Waals surface area contributed by atoms with Crippen molar-refractivity contribution in [1.29, 1.82) is 0 Å². The van der Waals surface area contributed by atoms with E-state index >= 15 is 0 Å². The molecule has 0 aromatic rings. The summed E-state index contributed by atoms with van der Waals surface area (Å²) < 4.78 is 5.27. The molecule has 0 spiro atoms. The lowest BCUT2D eigenvalue weighted by molar-refractivity contribution is 0.226. The molecule has 1 unspecified atom stereocenters. The molecule has 1 nitrogen and oxygen atoms in total. The summed E-state index contributed by atoms with van der Waals surface area (Å²) in [5, 5.41) is 0. The van der Waals surface area contributed by atoms with Crippen LogP contribution in [-0.2, 0) is 4.43 Å². The quantitative estimate of drug-likeness (QED) is 0.424. The van der Waals surface area contributed by atoms with Gasteiger partial charge in [0.25, 0.3) is 0 Å². The van der Waals surface area contributed by atoms with Gasteiger partial charge in [0.1, 0.15) is 10.5 Å². The fourth-order valence-electron chi connectivity index (χ4n) is 0.976. The highest BCUT2D eigenvalue weighted by Gasteiger charge is 1.96. The molecular weight excluding hydrogens is 140 g/mol. The van der Waals surface area contributed by atoms with E-state index in [-0.39, 0.29) is 0 Å². The van der Waals surface area contributed by atoms with Crippen LogP contribution in [0.1, 0.15) is 46.0 Å². The van der Waals surface area contributed by atoms with Crippen molar-refractivity contribution in [1.82, 2.24) is 0 Å². The predicted molar refractivity (Wildman–Crippen MR) is 49.2 cm³/mol. The largest absolute Gasteiger partial charge is 0.425 e. The molecule has 0 fully saturated rings. The lowest BCUT2D eigenvalue weighted by Gasteiger charge is -2.08. The smallest absolute Gasteiger partial charge is 0.146 e. The predicted octanol–water partition coefficient (Wildman–Crippen LogP) is 1.64. The molecule has 10 heavy (non-hydrogen) atoms. The monoisotopic (exact) mass is 160 g/mol. The van der Waals surface area contributed by atoms with Gasteiger partial charge in [0.15, 0.2) is 0 Å². The zero-order valence-electron chi connectivity index (χ0n) is 7.52. The fraction of sp³-hybridized carbons (Fsp3) is 1.00. The molecule has 0 radical (unpaired) electrons. The van der Waals surface area contributed by atoms with Gasteiger partial charge in [-0.2, -0.15) is 0 Å². The Bertz CT molecular complexity index is 66.3. The summed E-state index contributed by atoms with van der Waals surface area (Å²) in [6.45, 7) is 4.41.